The zero-order chi connectivity index (χ0) is 39.9. The Hall–Kier alpha value is -5.34. The van der Waals surface area contributed by atoms with Gasteiger partial charge in [-0.3, -0.25) is 14.4 Å². The second-order valence-electron chi connectivity index (χ2n) is 15.7. The standard InChI is InChI=1S/C40H54N8O7/c1-25(2)34(41-33(49)19-13-12-18-32-43-44-45-48(32)40(5,6)29-16-8-7-9-17-29)36(50)42-35(26(3)4)37(51)47-24-30(22-31(47)38(52)53)55-39(54)46-21-20-27-14-10-11-15-28(27)23-46/h7-11,14-17,25-26,30-31,34-35H,12-13,18-24H2,1-6H3,(H,41,49)(H,42,50)(H,52,53)/t30?,31-,34-,35?/m0/s1. The number of hydrogen-bond donors (Lipinski definition) is 3. The van der Waals surface area contributed by atoms with Crippen LogP contribution in [0.1, 0.15) is 89.7 Å². The number of aromatic nitrogens is 4. The van der Waals surface area contributed by atoms with Crippen molar-refractivity contribution in [3.8, 4) is 0 Å². The lowest BCUT2D eigenvalue weighted by atomic mass is 9.94. The zero-order valence-electron chi connectivity index (χ0n) is 32.6. The number of carboxylic acids is 1. The monoisotopic (exact) mass is 758 g/mol. The van der Waals surface area contributed by atoms with Crippen molar-refractivity contribution in [2.75, 3.05) is 13.1 Å². The molecule has 0 saturated carbocycles. The van der Waals surface area contributed by atoms with Crippen LogP contribution in [0, 0.1) is 11.8 Å². The second kappa shape index (κ2) is 17.9. The van der Waals surface area contributed by atoms with Gasteiger partial charge in [0.2, 0.25) is 17.7 Å². The largest absolute Gasteiger partial charge is 0.480 e. The van der Waals surface area contributed by atoms with E-state index >= 15 is 0 Å². The molecular formula is C40H54N8O7. The Bertz CT molecular complexity index is 1830. The minimum atomic E-state index is -1.24. The molecule has 5 rings (SSSR count). The molecule has 15 nitrogen and oxygen atoms in total. The van der Waals surface area contributed by atoms with E-state index in [2.05, 4.69) is 26.2 Å². The highest BCUT2D eigenvalue weighted by atomic mass is 16.6. The number of nitrogens with one attached hydrogen (secondary N) is 2. The van der Waals surface area contributed by atoms with Crippen molar-refractivity contribution >= 4 is 29.8 Å². The van der Waals surface area contributed by atoms with E-state index in [1.165, 1.54) is 10.5 Å². The van der Waals surface area contributed by atoms with Gasteiger partial charge in [0.15, 0.2) is 5.82 Å². The Morgan fingerprint density at radius 2 is 1.58 bits per heavy atom. The number of amides is 4. The summed E-state index contributed by atoms with van der Waals surface area (Å²) >= 11 is 0. The molecule has 0 radical (unpaired) electrons. The highest BCUT2D eigenvalue weighted by molar-refractivity contribution is 5.94. The fraction of sp³-hybridized carbons (Fsp3) is 0.550. The molecule has 0 spiro atoms. The van der Waals surface area contributed by atoms with Gasteiger partial charge in [0.1, 0.15) is 24.2 Å². The maximum atomic E-state index is 14.0. The van der Waals surface area contributed by atoms with Crippen LogP contribution < -0.4 is 10.6 Å². The van der Waals surface area contributed by atoms with Crippen LogP contribution in [-0.2, 0) is 48.8 Å². The molecule has 2 aliphatic heterocycles. The predicted molar refractivity (Wildman–Crippen MR) is 202 cm³/mol. The summed E-state index contributed by atoms with van der Waals surface area (Å²) in [5.41, 5.74) is 2.80. The molecule has 3 heterocycles. The molecule has 296 valence electrons. The number of rotatable bonds is 15. The van der Waals surface area contributed by atoms with Gasteiger partial charge in [0.25, 0.3) is 0 Å². The Labute approximate surface area is 322 Å². The highest BCUT2D eigenvalue weighted by Crippen LogP contribution is 2.27. The van der Waals surface area contributed by atoms with Crippen LogP contribution >= 0.6 is 0 Å². The van der Waals surface area contributed by atoms with Gasteiger partial charge in [-0.05, 0) is 72.1 Å². The van der Waals surface area contributed by atoms with E-state index in [-0.39, 0.29) is 31.2 Å². The summed E-state index contributed by atoms with van der Waals surface area (Å²) in [4.78, 5) is 68.9. The first-order chi connectivity index (χ1) is 26.2. The number of carbonyl (C=O) groups is 5. The van der Waals surface area contributed by atoms with Crippen molar-refractivity contribution in [1.82, 2.24) is 40.6 Å². The van der Waals surface area contributed by atoms with Crippen LogP contribution in [0.5, 0.6) is 0 Å². The lowest BCUT2D eigenvalue weighted by molar-refractivity contribution is -0.150. The molecular weight excluding hydrogens is 704 g/mol. The molecule has 15 heteroatoms. The summed E-state index contributed by atoms with van der Waals surface area (Å²) in [5.74, 6) is -2.67. The molecule has 2 aliphatic rings. The molecule has 3 aromatic rings. The van der Waals surface area contributed by atoms with Gasteiger partial charge < -0.3 is 30.3 Å². The van der Waals surface area contributed by atoms with Crippen molar-refractivity contribution < 1.29 is 33.8 Å². The predicted octanol–water partition coefficient (Wildman–Crippen LogP) is 3.70. The third-order valence-electron chi connectivity index (χ3n) is 10.6. The number of fused-ring (bicyclic) bond motifs is 1. The van der Waals surface area contributed by atoms with Crippen LogP contribution in [0.2, 0.25) is 0 Å². The van der Waals surface area contributed by atoms with Crippen LogP contribution in [0.3, 0.4) is 0 Å². The minimum Gasteiger partial charge on any atom is -0.480 e. The van der Waals surface area contributed by atoms with E-state index in [0.29, 0.717) is 44.6 Å². The van der Waals surface area contributed by atoms with Gasteiger partial charge in [0.05, 0.1) is 12.1 Å². The number of ether oxygens (including phenoxy) is 1. The van der Waals surface area contributed by atoms with Gasteiger partial charge in [-0.1, -0.05) is 82.3 Å². The number of tetrazole rings is 1. The number of benzene rings is 2. The summed E-state index contributed by atoms with van der Waals surface area (Å²) in [6, 6.07) is 14.6. The molecule has 55 heavy (non-hydrogen) atoms. The first-order valence-electron chi connectivity index (χ1n) is 19.2. The van der Waals surface area contributed by atoms with E-state index in [9.17, 15) is 29.1 Å². The topological polar surface area (TPSA) is 189 Å². The first kappa shape index (κ1) is 40.8. The van der Waals surface area contributed by atoms with Crippen molar-refractivity contribution in [2.45, 2.75) is 116 Å². The number of hydrogen-bond acceptors (Lipinski definition) is 9. The lowest BCUT2D eigenvalue weighted by Gasteiger charge is -2.31. The van der Waals surface area contributed by atoms with Crippen molar-refractivity contribution in [3.63, 3.8) is 0 Å². The van der Waals surface area contributed by atoms with E-state index in [1.54, 1.807) is 37.3 Å². The quantitative estimate of drug-likeness (QED) is 0.193. The van der Waals surface area contributed by atoms with E-state index in [4.69, 9.17) is 4.74 Å². The van der Waals surface area contributed by atoms with Crippen molar-refractivity contribution in [3.05, 3.63) is 77.1 Å². The summed E-state index contributed by atoms with van der Waals surface area (Å²) in [7, 11) is 0. The zero-order valence-corrected chi connectivity index (χ0v) is 32.6. The van der Waals surface area contributed by atoms with Gasteiger partial charge in [-0.15, -0.1) is 5.10 Å². The average molecular weight is 759 g/mol. The summed E-state index contributed by atoms with van der Waals surface area (Å²) in [5, 5.41) is 28.0. The molecule has 0 aliphatic carbocycles. The lowest BCUT2D eigenvalue weighted by Crippen LogP contribution is -2.58. The maximum absolute atomic E-state index is 14.0. The summed E-state index contributed by atoms with van der Waals surface area (Å²) < 4.78 is 7.55. The number of carbonyl (C=O) groups excluding carboxylic acids is 4. The normalized spacial score (nSPS) is 18.1. The third kappa shape index (κ3) is 9.86. The molecule has 1 aromatic heterocycles. The van der Waals surface area contributed by atoms with Crippen LogP contribution in [-0.4, -0.2) is 102 Å². The van der Waals surface area contributed by atoms with Gasteiger partial charge >= 0.3 is 12.1 Å². The average Bonchev–Trinajstić information content (AvgIpc) is 3.82. The Morgan fingerprint density at radius 3 is 2.25 bits per heavy atom. The Balaban J connectivity index is 1.14. The molecule has 2 unspecified atom stereocenters. The molecule has 1 saturated heterocycles. The second-order valence-corrected chi connectivity index (χ2v) is 15.7. The number of carboxylic acid groups (broad SMARTS) is 1. The van der Waals surface area contributed by atoms with Crippen molar-refractivity contribution in [1.29, 1.82) is 0 Å². The highest BCUT2D eigenvalue weighted by Gasteiger charge is 2.45. The molecule has 1 fully saturated rings. The summed E-state index contributed by atoms with van der Waals surface area (Å²) in [6.45, 7) is 11.9. The van der Waals surface area contributed by atoms with Gasteiger partial charge in [-0.2, -0.15) is 0 Å². The third-order valence-corrected chi connectivity index (χ3v) is 10.6. The molecule has 3 N–H and O–H groups in total. The number of aryl methyl sites for hydroxylation is 1. The minimum absolute atomic E-state index is 0.0691. The van der Waals surface area contributed by atoms with Crippen LogP contribution in [0.15, 0.2) is 54.6 Å². The van der Waals surface area contributed by atoms with Crippen molar-refractivity contribution in [2.24, 2.45) is 11.8 Å². The van der Waals surface area contributed by atoms with E-state index < -0.39 is 59.6 Å². The van der Waals surface area contributed by atoms with Gasteiger partial charge in [-0.25, -0.2) is 14.3 Å². The number of likely N-dealkylation sites (tertiary alicyclic amines) is 1. The summed E-state index contributed by atoms with van der Waals surface area (Å²) in [6.07, 6.45) is 1.13. The molecule has 2 aromatic carbocycles. The van der Waals surface area contributed by atoms with E-state index in [1.807, 2.05) is 68.4 Å². The molecule has 4 atom stereocenters. The molecule has 4 amide bonds. The van der Waals surface area contributed by atoms with E-state index in [0.717, 1.165) is 11.1 Å². The first-order valence-corrected chi connectivity index (χ1v) is 19.2. The van der Waals surface area contributed by atoms with Crippen LogP contribution in [0.4, 0.5) is 4.79 Å². The Kier molecular flexibility index (Phi) is 13.3. The number of aliphatic carboxylic acids is 1. The number of unbranched alkanes of at least 4 members (excludes halogenated alkanes) is 1. The number of nitrogens with zero attached hydrogens (tertiary/aromatic N) is 6. The fourth-order valence-electron chi connectivity index (χ4n) is 7.28. The molecule has 0 bridgehead atoms. The smallest absolute Gasteiger partial charge is 0.410 e. The van der Waals surface area contributed by atoms with Crippen LogP contribution in [0.25, 0.3) is 0 Å². The SMILES string of the molecule is CC(C)C(NC(=O)[C@@H](NC(=O)CCCCc1nnnn1C(C)(C)c1ccccc1)C(C)C)C(=O)N1CC(OC(=O)N2CCc3ccccc3C2)C[C@H]1C(=O)O. The fourth-order valence-corrected chi connectivity index (χ4v) is 7.28. The maximum Gasteiger partial charge on any atom is 0.410 e. The Morgan fingerprint density at radius 1 is 0.909 bits per heavy atom. The van der Waals surface area contributed by atoms with Gasteiger partial charge in [0, 0.05) is 32.4 Å².